The van der Waals surface area contributed by atoms with Crippen molar-refractivity contribution in [3.05, 3.63) is 29.3 Å². The van der Waals surface area contributed by atoms with Crippen LogP contribution in [0.4, 0.5) is 23.7 Å². The summed E-state index contributed by atoms with van der Waals surface area (Å²) in [5.74, 6) is -1.18. The summed E-state index contributed by atoms with van der Waals surface area (Å²) in [6.07, 6.45) is -4.50. The molecule has 0 spiro atoms. The molecule has 0 saturated carbocycles. The SMILES string of the molecule is Cc1c(NC(=O)NCC(F)(F)F)cccc1C(=O)O. The van der Waals surface area contributed by atoms with Gasteiger partial charge in [-0.25, -0.2) is 9.59 Å². The first-order valence-electron chi connectivity index (χ1n) is 5.15. The third-order valence-corrected chi connectivity index (χ3v) is 2.26. The van der Waals surface area contributed by atoms with E-state index in [1.54, 1.807) is 5.32 Å². The van der Waals surface area contributed by atoms with Crippen molar-refractivity contribution in [2.75, 3.05) is 11.9 Å². The van der Waals surface area contributed by atoms with Crippen LogP contribution in [0, 0.1) is 6.92 Å². The van der Waals surface area contributed by atoms with E-state index in [-0.39, 0.29) is 16.8 Å². The van der Waals surface area contributed by atoms with Gasteiger partial charge in [-0.05, 0) is 24.6 Å². The molecular weight excluding hydrogens is 265 g/mol. The summed E-state index contributed by atoms with van der Waals surface area (Å²) in [6.45, 7) is -0.0146. The van der Waals surface area contributed by atoms with Gasteiger partial charge < -0.3 is 15.7 Å². The van der Waals surface area contributed by atoms with Crippen molar-refractivity contribution in [1.82, 2.24) is 5.32 Å². The summed E-state index contributed by atoms with van der Waals surface area (Å²) in [6, 6.07) is 3.06. The molecule has 0 aliphatic carbocycles. The van der Waals surface area contributed by atoms with Gasteiger partial charge in [0.2, 0.25) is 0 Å². The maximum Gasteiger partial charge on any atom is 0.405 e. The fraction of sp³-hybridized carbons (Fsp3) is 0.273. The van der Waals surface area contributed by atoms with Gasteiger partial charge in [0.1, 0.15) is 6.54 Å². The number of hydrogen-bond acceptors (Lipinski definition) is 2. The lowest BCUT2D eigenvalue weighted by Gasteiger charge is -2.12. The number of urea groups is 1. The maximum absolute atomic E-state index is 11.9. The molecule has 1 aromatic carbocycles. The Labute approximate surface area is 106 Å². The lowest BCUT2D eigenvalue weighted by atomic mass is 10.1. The molecule has 19 heavy (non-hydrogen) atoms. The topological polar surface area (TPSA) is 78.4 Å². The average molecular weight is 276 g/mol. The van der Waals surface area contributed by atoms with Crippen LogP contribution in [0.15, 0.2) is 18.2 Å². The molecule has 2 amide bonds. The normalized spacial score (nSPS) is 10.9. The molecule has 0 aromatic heterocycles. The fourth-order valence-electron chi connectivity index (χ4n) is 1.35. The Hall–Kier alpha value is -2.25. The van der Waals surface area contributed by atoms with Gasteiger partial charge in [0, 0.05) is 5.69 Å². The number of halogens is 3. The van der Waals surface area contributed by atoms with Crippen LogP contribution >= 0.6 is 0 Å². The van der Waals surface area contributed by atoms with Crippen molar-refractivity contribution < 1.29 is 27.9 Å². The molecule has 1 rings (SSSR count). The van der Waals surface area contributed by atoms with Gasteiger partial charge in [-0.3, -0.25) is 0 Å². The van der Waals surface area contributed by atoms with Gasteiger partial charge in [0.05, 0.1) is 5.56 Å². The van der Waals surface area contributed by atoms with E-state index in [1.165, 1.54) is 25.1 Å². The summed E-state index contributed by atoms with van der Waals surface area (Å²) in [7, 11) is 0. The predicted octanol–water partition coefficient (Wildman–Crippen LogP) is 2.38. The van der Waals surface area contributed by atoms with Gasteiger partial charge in [0.15, 0.2) is 0 Å². The number of anilines is 1. The van der Waals surface area contributed by atoms with Crippen molar-refractivity contribution in [2.24, 2.45) is 0 Å². The van der Waals surface area contributed by atoms with Crippen LogP contribution in [0.2, 0.25) is 0 Å². The number of alkyl halides is 3. The van der Waals surface area contributed by atoms with E-state index in [4.69, 9.17) is 5.11 Å². The van der Waals surface area contributed by atoms with Crippen LogP contribution in [0.25, 0.3) is 0 Å². The molecule has 0 saturated heterocycles. The van der Waals surface area contributed by atoms with Gasteiger partial charge in [-0.1, -0.05) is 6.07 Å². The highest BCUT2D eigenvalue weighted by Crippen LogP contribution is 2.19. The molecule has 8 heteroatoms. The average Bonchev–Trinajstić information content (AvgIpc) is 2.28. The summed E-state index contributed by atoms with van der Waals surface area (Å²) in [5.41, 5.74) is 0.366. The van der Waals surface area contributed by atoms with Crippen LogP contribution in [0.5, 0.6) is 0 Å². The smallest absolute Gasteiger partial charge is 0.405 e. The van der Waals surface area contributed by atoms with Gasteiger partial charge in [-0.2, -0.15) is 13.2 Å². The van der Waals surface area contributed by atoms with Gasteiger partial charge in [-0.15, -0.1) is 0 Å². The first-order chi connectivity index (χ1) is 8.70. The van der Waals surface area contributed by atoms with E-state index in [2.05, 4.69) is 5.32 Å². The minimum atomic E-state index is -4.50. The summed E-state index contributed by atoms with van der Waals surface area (Å²) in [5, 5.41) is 12.6. The third kappa shape index (κ3) is 4.49. The second-order valence-corrected chi connectivity index (χ2v) is 3.71. The number of carboxylic acids is 1. The molecule has 1 aromatic rings. The van der Waals surface area contributed by atoms with Crippen LogP contribution in [0.1, 0.15) is 15.9 Å². The quantitative estimate of drug-likeness (QED) is 0.793. The standard InChI is InChI=1S/C11H11F3N2O3/c1-6-7(9(17)18)3-2-4-8(6)16-10(19)15-5-11(12,13)14/h2-4H,5H2,1H3,(H,17,18)(H2,15,16,19). The number of carbonyl (C=O) groups is 2. The molecule has 3 N–H and O–H groups in total. The number of carboxylic acid groups (broad SMARTS) is 1. The van der Waals surface area contributed by atoms with Crippen LogP contribution in [-0.2, 0) is 0 Å². The zero-order chi connectivity index (χ0) is 14.6. The lowest BCUT2D eigenvalue weighted by molar-refractivity contribution is -0.122. The Bertz CT molecular complexity index is 500. The lowest BCUT2D eigenvalue weighted by Crippen LogP contribution is -2.36. The summed E-state index contributed by atoms with van der Waals surface area (Å²) < 4.78 is 35.7. The highest BCUT2D eigenvalue weighted by atomic mass is 19.4. The number of nitrogens with one attached hydrogen (secondary N) is 2. The molecule has 0 atom stereocenters. The van der Waals surface area contributed by atoms with Crippen LogP contribution < -0.4 is 10.6 Å². The van der Waals surface area contributed by atoms with E-state index >= 15 is 0 Å². The number of aromatic carboxylic acids is 1. The van der Waals surface area contributed by atoms with Crippen molar-refractivity contribution in [3.8, 4) is 0 Å². The van der Waals surface area contributed by atoms with E-state index in [0.29, 0.717) is 0 Å². The zero-order valence-corrected chi connectivity index (χ0v) is 9.84. The van der Waals surface area contributed by atoms with Crippen molar-refractivity contribution in [3.63, 3.8) is 0 Å². The minimum Gasteiger partial charge on any atom is -0.478 e. The van der Waals surface area contributed by atoms with E-state index < -0.39 is 24.7 Å². The first-order valence-corrected chi connectivity index (χ1v) is 5.15. The molecule has 0 heterocycles. The fourth-order valence-corrected chi connectivity index (χ4v) is 1.35. The number of hydrogen-bond donors (Lipinski definition) is 3. The van der Waals surface area contributed by atoms with Crippen LogP contribution in [0.3, 0.4) is 0 Å². The molecular formula is C11H11F3N2O3. The molecule has 0 bridgehead atoms. The Morgan fingerprint density at radius 3 is 2.47 bits per heavy atom. The van der Waals surface area contributed by atoms with Gasteiger partial charge >= 0.3 is 18.2 Å². The predicted molar refractivity (Wildman–Crippen MR) is 61.2 cm³/mol. The molecule has 0 unspecified atom stereocenters. The third-order valence-electron chi connectivity index (χ3n) is 2.26. The Balaban J connectivity index is 2.75. The summed E-state index contributed by atoms with van der Waals surface area (Å²) in [4.78, 5) is 22.1. The maximum atomic E-state index is 11.9. The van der Waals surface area contributed by atoms with Crippen LogP contribution in [-0.4, -0.2) is 29.8 Å². The second kappa shape index (κ2) is 5.59. The number of amides is 2. The molecule has 0 radical (unpaired) electrons. The van der Waals surface area contributed by atoms with Gasteiger partial charge in [0.25, 0.3) is 0 Å². The molecule has 104 valence electrons. The Morgan fingerprint density at radius 1 is 1.32 bits per heavy atom. The minimum absolute atomic E-state index is 0.0337. The first kappa shape index (κ1) is 14.8. The monoisotopic (exact) mass is 276 g/mol. The molecule has 0 fully saturated rings. The molecule has 0 aliphatic heterocycles. The Kier molecular flexibility index (Phi) is 4.36. The summed E-state index contributed by atoms with van der Waals surface area (Å²) >= 11 is 0. The van der Waals surface area contributed by atoms with Crippen molar-refractivity contribution >= 4 is 17.7 Å². The largest absolute Gasteiger partial charge is 0.478 e. The van der Waals surface area contributed by atoms with Crippen molar-refractivity contribution in [2.45, 2.75) is 13.1 Å². The number of carbonyl (C=O) groups excluding carboxylic acids is 1. The highest BCUT2D eigenvalue weighted by Gasteiger charge is 2.27. The zero-order valence-electron chi connectivity index (χ0n) is 9.84. The Morgan fingerprint density at radius 2 is 1.95 bits per heavy atom. The van der Waals surface area contributed by atoms with E-state index in [1.807, 2.05) is 0 Å². The number of benzene rings is 1. The molecule has 5 nitrogen and oxygen atoms in total. The second-order valence-electron chi connectivity index (χ2n) is 3.71. The van der Waals surface area contributed by atoms with E-state index in [0.717, 1.165) is 0 Å². The number of rotatable bonds is 3. The highest BCUT2D eigenvalue weighted by molar-refractivity contribution is 5.95. The van der Waals surface area contributed by atoms with Crippen molar-refractivity contribution in [1.29, 1.82) is 0 Å². The van der Waals surface area contributed by atoms with E-state index in [9.17, 15) is 22.8 Å². The molecule has 0 aliphatic rings.